The molecule has 0 aliphatic heterocycles. The van der Waals surface area contributed by atoms with Gasteiger partial charge in [-0.15, -0.1) is 0 Å². The zero-order valence-corrected chi connectivity index (χ0v) is 14.8. The lowest BCUT2D eigenvalue weighted by molar-refractivity contribution is 0.101. The first-order valence-corrected chi connectivity index (χ1v) is 9.11. The van der Waals surface area contributed by atoms with Gasteiger partial charge in [0.05, 0.1) is 11.0 Å². The van der Waals surface area contributed by atoms with Gasteiger partial charge in [0, 0.05) is 17.8 Å². The van der Waals surface area contributed by atoms with Crippen LogP contribution in [0.5, 0.6) is 0 Å². The number of nitrogens with one attached hydrogen (secondary N) is 2. The molecule has 2 N–H and O–H groups in total. The van der Waals surface area contributed by atoms with Gasteiger partial charge in [-0.3, -0.25) is 14.9 Å². The van der Waals surface area contributed by atoms with Crippen LogP contribution in [0.2, 0.25) is 0 Å². The molecule has 2 aromatic heterocycles. The summed E-state index contributed by atoms with van der Waals surface area (Å²) < 4.78 is 2.17. The average molecular weight is 350 g/mol. The quantitative estimate of drug-likeness (QED) is 0.688. The third-order valence-corrected chi connectivity index (χ3v) is 5.10. The van der Waals surface area contributed by atoms with Gasteiger partial charge in [0.25, 0.3) is 5.91 Å². The number of rotatable bonds is 4. The highest BCUT2D eigenvalue weighted by molar-refractivity contribution is 6.05. The van der Waals surface area contributed by atoms with Gasteiger partial charge >= 0.3 is 0 Å². The van der Waals surface area contributed by atoms with Gasteiger partial charge in [-0.2, -0.15) is 0 Å². The number of fused-ring (bicyclic) bond motifs is 1. The number of hydrogen-bond acceptors (Lipinski definition) is 3. The molecule has 0 bridgehead atoms. The topological polar surface area (TPSA) is 79.8 Å². The summed E-state index contributed by atoms with van der Waals surface area (Å²) in [4.78, 5) is 31.6. The Labute approximate surface area is 151 Å². The van der Waals surface area contributed by atoms with Gasteiger partial charge in [-0.05, 0) is 38.0 Å². The number of carbonyl (C=O) groups is 2. The average Bonchev–Trinajstić information content (AvgIpc) is 3.27. The summed E-state index contributed by atoms with van der Waals surface area (Å²) in [5, 5.41) is 2.94. The number of aromatic nitrogens is 3. The molecular formula is C20H22N4O2. The van der Waals surface area contributed by atoms with E-state index in [0.717, 1.165) is 23.9 Å². The van der Waals surface area contributed by atoms with Crippen molar-refractivity contribution in [2.45, 2.75) is 45.1 Å². The van der Waals surface area contributed by atoms with Crippen LogP contribution in [0, 0.1) is 0 Å². The Morgan fingerprint density at radius 3 is 2.69 bits per heavy atom. The van der Waals surface area contributed by atoms with Gasteiger partial charge in [-0.25, -0.2) is 4.98 Å². The first-order valence-electron chi connectivity index (χ1n) is 9.11. The number of nitrogens with zero attached hydrogens (tertiary/aromatic N) is 2. The predicted molar refractivity (Wildman–Crippen MR) is 101 cm³/mol. The number of para-hydroxylation sites is 2. The molecule has 0 spiro atoms. The number of Topliss-reactive ketones (excluding diaryl/α,β-unsaturated/α-hetero) is 1. The molecule has 134 valence electrons. The SMILES string of the molecule is CC(=O)c1c[nH]c(C(=O)Nc2nc3ccccc3n2C2CCCCC2)c1. The Balaban J connectivity index is 1.68. The maximum absolute atomic E-state index is 12.7. The number of ketones is 1. The number of H-pyrrole nitrogens is 1. The second-order valence-electron chi connectivity index (χ2n) is 6.90. The molecule has 3 aromatic rings. The van der Waals surface area contributed by atoms with Gasteiger partial charge in [0.1, 0.15) is 5.69 Å². The Bertz CT molecular complexity index is 963. The monoisotopic (exact) mass is 350 g/mol. The first kappa shape index (κ1) is 16.6. The maximum atomic E-state index is 12.7. The largest absolute Gasteiger partial charge is 0.356 e. The number of imidazole rings is 1. The van der Waals surface area contributed by atoms with Gasteiger partial charge in [-0.1, -0.05) is 31.4 Å². The smallest absolute Gasteiger partial charge is 0.274 e. The normalized spacial score (nSPS) is 15.3. The van der Waals surface area contributed by atoms with E-state index in [1.807, 2.05) is 18.2 Å². The van der Waals surface area contributed by atoms with E-state index < -0.39 is 0 Å². The number of amides is 1. The number of anilines is 1. The zero-order chi connectivity index (χ0) is 18.1. The van der Waals surface area contributed by atoms with Gasteiger partial charge < -0.3 is 9.55 Å². The van der Waals surface area contributed by atoms with Crippen LogP contribution in [0.15, 0.2) is 36.5 Å². The highest BCUT2D eigenvalue weighted by Gasteiger charge is 2.23. The van der Waals surface area contributed by atoms with E-state index in [4.69, 9.17) is 0 Å². The van der Waals surface area contributed by atoms with Crippen molar-refractivity contribution in [2.24, 2.45) is 0 Å². The fourth-order valence-corrected chi connectivity index (χ4v) is 3.74. The third kappa shape index (κ3) is 3.03. The summed E-state index contributed by atoms with van der Waals surface area (Å²) in [6, 6.07) is 9.89. The summed E-state index contributed by atoms with van der Waals surface area (Å²) in [6.07, 6.45) is 7.41. The summed E-state index contributed by atoms with van der Waals surface area (Å²) >= 11 is 0. The Hall–Kier alpha value is -2.89. The molecule has 1 aliphatic rings. The van der Waals surface area contributed by atoms with E-state index in [9.17, 15) is 9.59 Å². The molecule has 6 heteroatoms. The van der Waals surface area contributed by atoms with Crippen LogP contribution in [0.25, 0.3) is 11.0 Å². The van der Waals surface area contributed by atoms with Crippen LogP contribution in [0.4, 0.5) is 5.95 Å². The minimum atomic E-state index is -0.287. The second kappa shape index (κ2) is 6.78. The number of carbonyl (C=O) groups excluding carboxylic acids is 2. The van der Waals surface area contributed by atoms with E-state index >= 15 is 0 Å². The van der Waals surface area contributed by atoms with Crippen molar-refractivity contribution < 1.29 is 9.59 Å². The predicted octanol–water partition coefficient (Wildman–Crippen LogP) is 4.32. The molecule has 1 fully saturated rings. The lowest BCUT2D eigenvalue weighted by Gasteiger charge is -2.25. The van der Waals surface area contributed by atoms with Crippen molar-refractivity contribution in [3.63, 3.8) is 0 Å². The van der Waals surface area contributed by atoms with E-state index in [1.165, 1.54) is 26.2 Å². The zero-order valence-electron chi connectivity index (χ0n) is 14.8. The van der Waals surface area contributed by atoms with Crippen molar-refractivity contribution in [2.75, 3.05) is 5.32 Å². The van der Waals surface area contributed by atoms with E-state index in [-0.39, 0.29) is 11.7 Å². The molecule has 1 aromatic carbocycles. The van der Waals surface area contributed by atoms with E-state index in [2.05, 4.69) is 25.9 Å². The fraction of sp³-hybridized carbons (Fsp3) is 0.350. The highest BCUT2D eigenvalue weighted by Crippen LogP contribution is 2.34. The van der Waals surface area contributed by atoms with Gasteiger partial charge in [0.15, 0.2) is 5.78 Å². The summed E-state index contributed by atoms with van der Waals surface area (Å²) in [5.74, 6) is 0.210. The van der Waals surface area contributed by atoms with Crippen molar-refractivity contribution in [1.82, 2.24) is 14.5 Å². The van der Waals surface area contributed by atoms with Crippen molar-refractivity contribution in [1.29, 1.82) is 0 Å². The number of aromatic amines is 1. The Kier molecular flexibility index (Phi) is 4.32. The van der Waals surface area contributed by atoms with E-state index in [1.54, 1.807) is 12.3 Å². The molecule has 4 rings (SSSR count). The highest BCUT2D eigenvalue weighted by atomic mass is 16.2. The molecule has 0 atom stereocenters. The molecule has 0 saturated heterocycles. The Morgan fingerprint density at radius 1 is 1.19 bits per heavy atom. The molecule has 2 heterocycles. The van der Waals surface area contributed by atoms with Crippen molar-refractivity contribution in [3.05, 3.63) is 47.8 Å². The van der Waals surface area contributed by atoms with Crippen LogP contribution >= 0.6 is 0 Å². The minimum Gasteiger partial charge on any atom is -0.356 e. The van der Waals surface area contributed by atoms with Crippen LogP contribution < -0.4 is 5.32 Å². The fourth-order valence-electron chi connectivity index (χ4n) is 3.74. The summed E-state index contributed by atoms with van der Waals surface area (Å²) in [6.45, 7) is 1.48. The second-order valence-corrected chi connectivity index (χ2v) is 6.90. The summed E-state index contributed by atoms with van der Waals surface area (Å²) in [7, 11) is 0. The van der Waals surface area contributed by atoms with Crippen LogP contribution in [0.1, 0.15) is 65.9 Å². The molecular weight excluding hydrogens is 328 g/mol. The van der Waals surface area contributed by atoms with Crippen molar-refractivity contribution >= 4 is 28.7 Å². The number of hydrogen-bond donors (Lipinski definition) is 2. The molecule has 0 radical (unpaired) electrons. The summed E-state index contributed by atoms with van der Waals surface area (Å²) in [5.41, 5.74) is 2.78. The van der Waals surface area contributed by atoms with E-state index in [0.29, 0.717) is 23.2 Å². The van der Waals surface area contributed by atoms with Crippen molar-refractivity contribution in [3.8, 4) is 0 Å². The third-order valence-electron chi connectivity index (χ3n) is 5.10. The lowest BCUT2D eigenvalue weighted by Crippen LogP contribution is -2.20. The first-order chi connectivity index (χ1) is 12.6. The maximum Gasteiger partial charge on any atom is 0.274 e. The van der Waals surface area contributed by atoms with Gasteiger partial charge in [0.2, 0.25) is 5.95 Å². The molecule has 1 saturated carbocycles. The van der Waals surface area contributed by atoms with Crippen LogP contribution in [-0.2, 0) is 0 Å². The Morgan fingerprint density at radius 2 is 1.96 bits per heavy atom. The molecule has 26 heavy (non-hydrogen) atoms. The molecule has 0 unspecified atom stereocenters. The molecule has 6 nitrogen and oxygen atoms in total. The standard InChI is InChI=1S/C20H22N4O2/c1-13(25)14-11-17(21-12-14)19(26)23-20-22-16-9-5-6-10-18(16)24(20)15-7-3-2-4-8-15/h5-6,9-12,15,21H,2-4,7-8H2,1H3,(H,22,23,26). The van der Waals surface area contributed by atoms with Crippen LogP contribution in [-0.4, -0.2) is 26.2 Å². The number of benzene rings is 1. The molecule has 1 amide bonds. The molecule has 1 aliphatic carbocycles. The minimum absolute atomic E-state index is 0.0743. The lowest BCUT2D eigenvalue weighted by atomic mass is 9.95. The van der Waals surface area contributed by atoms with Crippen LogP contribution in [0.3, 0.4) is 0 Å².